The molecule has 0 N–H and O–H groups in total. The molecule has 92 valence electrons. The molecule has 1 saturated carbocycles. The molecule has 2 rings (SSSR count). The molecule has 3 nitrogen and oxygen atoms in total. The maximum Gasteiger partial charge on any atom is 0.164 e. The Morgan fingerprint density at radius 2 is 1.75 bits per heavy atom. The molecule has 16 heavy (non-hydrogen) atoms. The van der Waals surface area contributed by atoms with Crippen LogP contribution in [0.3, 0.4) is 0 Å². The van der Waals surface area contributed by atoms with E-state index in [-0.39, 0.29) is 12.2 Å². The number of carbonyl (C=O) groups excluding carboxylic acids is 1. The summed E-state index contributed by atoms with van der Waals surface area (Å²) in [6.45, 7) is 3.55. The highest BCUT2D eigenvalue weighted by Gasteiger charge is 2.27. The van der Waals surface area contributed by atoms with E-state index in [4.69, 9.17) is 9.47 Å². The predicted molar refractivity (Wildman–Crippen MR) is 61.1 cm³/mol. The van der Waals surface area contributed by atoms with Gasteiger partial charge in [-0.25, -0.2) is 0 Å². The van der Waals surface area contributed by atoms with Gasteiger partial charge in [0.05, 0.1) is 19.6 Å². The first-order chi connectivity index (χ1) is 7.75. The third-order valence-corrected chi connectivity index (χ3v) is 3.56. The molecular weight excluding hydrogens is 204 g/mol. The maximum atomic E-state index is 12.0. The van der Waals surface area contributed by atoms with Crippen molar-refractivity contribution in [1.29, 1.82) is 0 Å². The van der Waals surface area contributed by atoms with Crippen LogP contribution in [0.2, 0.25) is 0 Å². The smallest absolute Gasteiger partial charge is 0.164 e. The van der Waals surface area contributed by atoms with Crippen LogP contribution in [0, 0.1) is 11.8 Å². The number of carbonyl (C=O) groups is 1. The SMILES string of the molecule is CC1COC(CC(=O)C2CCCCC2)OC1. The first-order valence-electron chi connectivity index (χ1n) is 6.51. The molecule has 0 amide bonds. The van der Waals surface area contributed by atoms with Gasteiger partial charge in [-0.1, -0.05) is 26.2 Å². The van der Waals surface area contributed by atoms with Crippen LogP contribution in [0.1, 0.15) is 45.4 Å². The molecule has 0 bridgehead atoms. The number of ether oxygens (including phenoxy) is 2. The van der Waals surface area contributed by atoms with Gasteiger partial charge < -0.3 is 9.47 Å². The zero-order valence-corrected chi connectivity index (χ0v) is 10.1. The molecule has 1 saturated heterocycles. The summed E-state index contributed by atoms with van der Waals surface area (Å²) in [6.07, 6.45) is 6.03. The summed E-state index contributed by atoms with van der Waals surface area (Å²) in [6, 6.07) is 0. The first-order valence-corrected chi connectivity index (χ1v) is 6.51. The van der Waals surface area contributed by atoms with E-state index in [2.05, 4.69) is 6.92 Å². The third-order valence-electron chi connectivity index (χ3n) is 3.56. The molecule has 0 unspecified atom stereocenters. The molecule has 2 aliphatic rings. The van der Waals surface area contributed by atoms with E-state index in [9.17, 15) is 4.79 Å². The van der Waals surface area contributed by atoms with Gasteiger partial charge in [-0.2, -0.15) is 0 Å². The number of rotatable bonds is 3. The Kier molecular flexibility index (Phi) is 4.36. The molecule has 1 heterocycles. The van der Waals surface area contributed by atoms with Gasteiger partial charge in [-0.3, -0.25) is 4.79 Å². The van der Waals surface area contributed by atoms with Crippen LogP contribution in [0.5, 0.6) is 0 Å². The van der Waals surface area contributed by atoms with E-state index in [0.717, 1.165) is 26.1 Å². The summed E-state index contributed by atoms with van der Waals surface area (Å²) in [4.78, 5) is 12.0. The van der Waals surface area contributed by atoms with Gasteiger partial charge in [-0.15, -0.1) is 0 Å². The molecule has 3 heteroatoms. The van der Waals surface area contributed by atoms with Crippen molar-refractivity contribution < 1.29 is 14.3 Å². The molecule has 0 aromatic heterocycles. The van der Waals surface area contributed by atoms with E-state index in [0.29, 0.717) is 18.1 Å². The summed E-state index contributed by atoms with van der Waals surface area (Å²) in [5.74, 6) is 1.08. The summed E-state index contributed by atoms with van der Waals surface area (Å²) < 4.78 is 11.0. The molecule has 0 atom stereocenters. The second kappa shape index (κ2) is 5.78. The lowest BCUT2D eigenvalue weighted by atomic mass is 9.85. The van der Waals surface area contributed by atoms with Crippen LogP contribution >= 0.6 is 0 Å². The van der Waals surface area contributed by atoms with Crippen LogP contribution in [0.25, 0.3) is 0 Å². The minimum absolute atomic E-state index is 0.273. The molecule has 1 aliphatic carbocycles. The van der Waals surface area contributed by atoms with Crippen molar-refractivity contribution in [3.63, 3.8) is 0 Å². The van der Waals surface area contributed by atoms with Crippen LogP contribution < -0.4 is 0 Å². The van der Waals surface area contributed by atoms with Crippen molar-refractivity contribution >= 4 is 5.78 Å². The van der Waals surface area contributed by atoms with Crippen molar-refractivity contribution in [3.05, 3.63) is 0 Å². The van der Waals surface area contributed by atoms with Crippen molar-refractivity contribution in [1.82, 2.24) is 0 Å². The van der Waals surface area contributed by atoms with Crippen LogP contribution in [0.4, 0.5) is 0 Å². The predicted octanol–water partition coefficient (Wildman–Crippen LogP) is 2.53. The molecule has 2 fully saturated rings. The van der Waals surface area contributed by atoms with E-state index in [1.807, 2.05) is 0 Å². The monoisotopic (exact) mass is 226 g/mol. The molecular formula is C13H22O3. The minimum Gasteiger partial charge on any atom is -0.352 e. The van der Waals surface area contributed by atoms with Crippen molar-refractivity contribution in [2.45, 2.75) is 51.7 Å². The van der Waals surface area contributed by atoms with E-state index >= 15 is 0 Å². The summed E-state index contributed by atoms with van der Waals surface area (Å²) in [5, 5.41) is 0. The average molecular weight is 226 g/mol. The van der Waals surface area contributed by atoms with E-state index in [1.54, 1.807) is 0 Å². The summed E-state index contributed by atoms with van der Waals surface area (Å²) in [5.41, 5.74) is 0. The molecule has 0 radical (unpaired) electrons. The largest absolute Gasteiger partial charge is 0.352 e. The zero-order chi connectivity index (χ0) is 11.4. The zero-order valence-electron chi connectivity index (χ0n) is 10.1. The quantitative estimate of drug-likeness (QED) is 0.742. The second-order valence-electron chi connectivity index (χ2n) is 5.21. The van der Waals surface area contributed by atoms with Gasteiger partial charge in [0.15, 0.2) is 6.29 Å². The van der Waals surface area contributed by atoms with Gasteiger partial charge in [0.1, 0.15) is 5.78 Å². The Balaban J connectivity index is 1.73. The average Bonchev–Trinajstić information content (AvgIpc) is 2.33. The molecule has 0 aromatic rings. The highest BCUT2D eigenvalue weighted by atomic mass is 16.7. The van der Waals surface area contributed by atoms with Crippen LogP contribution in [0.15, 0.2) is 0 Å². The fourth-order valence-corrected chi connectivity index (χ4v) is 2.51. The van der Waals surface area contributed by atoms with Gasteiger partial charge in [-0.05, 0) is 12.8 Å². The number of hydrogen-bond acceptors (Lipinski definition) is 3. The molecule has 0 aromatic carbocycles. The first kappa shape index (κ1) is 12.1. The lowest BCUT2D eigenvalue weighted by Gasteiger charge is -2.28. The standard InChI is InChI=1S/C13H22O3/c1-10-8-15-13(16-9-10)7-12(14)11-5-3-2-4-6-11/h10-11,13H,2-9H2,1H3. The highest BCUT2D eigenvalue weighted by molar-refractivity contribution is 5.81. The summed E-state index contributed by atoms with van der Waals surface area (Å²) in [7, 11) is 0. The van der Waals surface area contributed by atoms with Gasteiger partial charge >= 0.3 is 0 Å². The van der Waals surface area contributed by atoms with Crippen LogP contribution in [-0.4, -0.2) is 25.3 Å². The van der Waals surface area contributed by atoms with Crippen molar-refractivity contribution in [2.75, 3.05) is 13.2 Å². The van der Waals surface area contributed by atoms with Gasteiger partial charge in [0, 0.05) is 11.8 Å². The second-order valence-corrected chi connectivity index (χ2v) is 5.21. The lowest BCUT2D eigenvalue weighted by molar-refractivity contribution is -0.201. The van der Waals surface area contributed by atoms with Crippen molar-refractivity contribution in [3.8, 4) is 0 Å². The van der Waals surface area contributed by atoms with Crippen LogP contribution in [-0.2, 0) is 14.3 Å². The summed E-state index contributed by atoms with van der Waals surface area (Å²) >= 11 is 0. The Morgan fingerprint density at radius 3 is 2.38 bits per heavy atom. The molecule has 1 aliphatic heterocycles. The number of Topliss-reactive ketones (excluding diaryl/α,β-unsaturated/α-hetero) is 1. The Labute approximate surface area is 97.5 Å². The maximum absolute atomic E-state index is 12.0. The fraction of sp³-hybridized carbons (Fsp3) is 0.923. The number of hydrogen-bond donors (Lipinski definition) is 0. The van der Waals surface area contributed by atoms with Gasteiger partial charge in [0.25, 0.3) is 0 Å². The fourth-order valence-electron chi connectivity index (χ4n) is 2.51. The number of ketones is 1. The molecule has 0 spiro atoms. The Bertz CT molecular complexity index is 225. The van der Waals surface area contributed by atoms with Gasteiger partial charge in [0.2, 0.25) is 0 Å². The third kappa shape index (κ3) is 3.29. The Hall–Kier alpha value is -0.410. The minimum atomic E-state index is -0.273. The highest BCUT2D eigenvalue weighted by Crippen LogP contribution is 2.26. The lowest BCUT2D eigenvalue weighted by Crippen LogP contribution is -2.33. The van der Waals surface area contributed by atoms with E-state index < -0.39 is 0 Å². The normalized spacial score (nSPS) is 32.6. The van der Waals surface area contributed by atoms with Crippen molar-refractivity contribution in [2.24, 2.45) is 11.8 Å². The van der Waals surface area contributed by atoms with E-state index in [1.165, 1.54) is 19.3 Å². The topological polar surface area (TPSA) is 35.5 Å². The Morgan fingerprint density at radius 1 is 1.12 bits per heavy atom.